The van der Waals surface area contributed by atoms with Crippen molar-refractivity contribution in [1.29, 1.82) is 0 Å². The van der Waals surface area contributed by atoms with E-state index in [1.807, 2.05) is 12.1 Å². The predicted octanol–water partition coefficient (Wildman–Crippen LogP) is 3.51. The number of nitrogens with one attached hydrogen (secondary N) is 1. The van der Waals surface area contributed by atoms with Gasteiger partial charge >= 0.3 is 0 Å². The summed E-state index contributed by atoms with van der Waals surface area (Å²) >= 11 is 1.34. The topological polar surface area (TPSA) is 94.6 Å². The Bertz CT molecular complexity index is 1080. The summed E-state index contributed by atoms with van der Waals surface area (Å²) in [6.45, 7) is 0. The van der Waals surface area contributed by atoms with Crippen LogP contribution in [-0.2, 0) is 14.6 Å². The molecule has 0 bridgehead atoms. The van der Waals surface area contributed by atoms with Gasteiger partial charge in [-0.15, -0.1) is 0 Å². The third kappa shape index (κ3) is 4.79. The maximum absolute atomic E-state index is 12.4. The number of aromatic nitrogens is 1. The molecule has 9 heteroatoms. The number of hydrogen-bond donors (Lipinski definition) is 1. The summed E-state index contributed by atoms with van der Waals surface area (Å²) in [7, 11) is -0.338. The van der Waals surface area contributed by atoms with Crippen LogP contribution in [0.25, 0.3) is 10.2 Å². The van der Waals surface area contributed by atoms with Crippen LogP contribution in [0.4, 0.5) is 5.13 Å². The molecule has 28 heavy (non-hydrogen) atoms. The number of hydrogen-bond acceptors (Lipinski definition) is 7. The van der Waals surface area contributed by atoms with Crippen molar-refractivity contribution in [1.82, 2.24) is 4.98 Å². The first-order chi connectivity index (χ1) is 13.4. The Balaban J connectivity index is 1.55. The lowest BCUT2D eigenvalue weighted by atomic mass is 10.3. The Morgan fingerprint density at radius 1 is 1.07 bits per heavy atom. The zero-order valence-electron chi connectivity index (χ0n) is 15.5. The largest absolute Gasteiger partial charge is 0.497 e. The van der Waals surface area contributed by atoms with E-state index < -0.39 is 9.84 Å². The zero-order valence-corrected chi connectivity index (χ0v) is 17.1. The number of amides is 1. The van der Waals surface area contributed by atoms with Gasteiger partial charge in [0.05, 0.1) is 35.1 Å². The van der Waals surface area contributed by atoms with Gasteiger partial charge in [-0.2, -0.15) is 0 Å². The molecule has 0 fully saturated rings. The predicted molar refractivity (Wildman–Crippen MR) is 109 cm³/mol. The van der Waals surface area contributed by atoms with E-state index in [1.54, 1.807) is 25.3 Å². The van der Waals surface area contributed by atoms with Crippen molar-refractivity contribution in [3.63, 3.8) is 0 Å². The molecule has 2 aromatic carbocycles. The summed E-state index contributed by atoms with van der Waals surface area (Å²) in [6.07, 6.45) is 0.313. The van der Waals surface area contributed by atoms with Crippen molar-refractivity contribution in [3.05, 3.63) is 42.5 Å². The van der Waals surface area contributed by atoms with Gasteiger partial charge in [0, 0.05) is 6.42 Å². The quantitative estimate of drug-likeness (QED) is 0.599. The van der Waals surface area contributed by atoms with E-state index in [1.165, 1.54) is 30.6 Å². The molecule has 148 valence electrons. The molecule has 0 aliphatic rings. The lowest BCUT2D eigenvalue weighted by molar-refractivity contribution is -0.116. The Morgan fingerprint density at radius 3 is 2.43 bits per heavy atom. The van der Waals surface area contributed by atoms with Crippen LogP contribution in [0.1, 0.15) is 12.8 Å². The number of fused-ring (bicyclic) bond motifs is 1. The van der Waals surface area contributed by atoms with Crippen LogP contribution in [0.15, 0.2) is 47.4 Å². The molecule has 0 aliphatic heterocycles. The summed E-state index contributed by atoms with van der Waals surface area (Å²) in [5, 5.41) is 3.20. The van der Waals surface area contributed by atoms with Crippen molar-refractivity contribution in [2.24, 2.45) is 0 Å². The molecular weight excluding hydrogens is 400 g/mol. The van der Waals surface area contributed by atoms with E-state index in [-0.39, 0.29) is 29.4 Å². The van der Waals surface area contributed by atoms with Crippen LogP contribution in [0.2, 0.25) is 0 Å². The number of ether oxygens (including phenoxy) is 2. The van der Waals surface area contributed by atoms with E-state index in [2.05, 4.69) is 10.3 Å². The van der Waals surface area contributed by atoms with Gasteiger partial charge in [-0.3, -0.25) is 4.79 Å². The molecule has 0 aliphatic carbocycles. The van der Waals surface area contributed by atoms with Gasteiger partial charge < -0.3 is 14.8 Å². The summed E-state index contributed by atoms with van der Waals surface area (Å²) in [5.41, 5.74) is 0.767. The maximum atomic E-state index is 12.4. The van der Waals surface area contributed by atoms with E-state index in [0.29, 0.717) is 10.9 Å². The second kappa shape index (κ2) is 8.57. The third-order valence-corrected chi connectivity index (χ3v) is 6.83. The van der Waals surface area contributed by atoms with E-state index in [9.17, 15) is 13.2 Å². The standard InChI is InChI=1S/C19H20N2O5S2/c1-25-13-5-8-15(9-6-13)28(23,24)11-3-4-18(22)21-19-20-16-10-7-14(26-2)12-17(16)27-19/h5-10,12H,3-4,11H2,1-2H3,(H,20,21,22). The number of rotatable bonds is 8. The van der Waals surface area contributed by atoms with Gasteiger partial charge in [0.2, 0.25) is 5.91 Å². The monoisotopic (exact) mass is 420 g/mol. The van der Waals surface area contributed by atoms with Gasteiger partial charge in [-0.05, 0) is 48.9 Å². The van der Waals surface area contributed by atoms with Crippen LogP contribution < -0.4 is 14.8 Å². The highest BCUT2D eigenvalue weighted by Crippen LogP contribution is 2.29. The molecule has 0 spiro atoms. The van der Waals surface area contributed by atoms with E-state index in [4.69, 9.17) is 9.47 Å². The molecule has 3 aromatic rings. The highest BCUT2D eigenvalue weighted by molar-refractivity contribution is 7.91. The number of carbonyl (C=O) groups excluding carboxylic acids is 1. The highest BCUT2D eigenvalue weighted by Gasteiger charge is 2.16. The Kier molecular flexibility index (Phi) is 6.15. The number of thiazole rings is 1. The first-order valence-corrected chi connectivity index (χ1v) is 11.0. The molecule has 1 heterocycles. The fourth-order valence-corrected chi connectivity index (χ4v) is 4.81. The Morgan fingerprint density at radius 2 is 1.75 bits per heavy atom. The second-order valence-corrected chi connectivity index (χ2v) is 9.14. The molecule has 0 atom stereocenters. The first-order valence-electron chi connectivity index (χ1n) is 8.52. The molecular formula is C19H20N2O5S2. The van der Waals surface area contributed by atoms with Crippen molar-refractivity contribution in [2.45, 2.75) is 17.7 Å². The lowest BCUT2D eigenvalue weighted by Crippen LogP contribution is -2.14. The van der Waals surface area contributed by atoms with Gasteiger partial charge in [0.15, 0.2) is 15.0 Å². The van der Waals surface area contributed by atoms with Crippen LogP contribution in [0, 0.1) is 0 Å². The molecule has 0 saturated carbocycles. The molecule has 0 saturated heterocycles. The minimum absolute atomic E-state index is 0.0919. The summed E-state index contributed by atoms with van der Waals surface area (Å²) in [6, 6.07) is 11.7. The summed E-state index contributed by atoms with van der Waals surface area (Å²) in [5.74, 6) is 0.935. The maximum Gasteiger partial charge on any atom is 0.226 e. The number of sulfone groups is 1. The van der Waals surface area contributed by atoms with Crippen molar-refractivity contribution in [3.8, 4) is 11.5 Å². The molecule has 0 radical (unpaired) electrons. The smallest absolute Gasteiger partial charge is 0.226 e. The van der Waals surface area contributed by atoms with Gasteiger partial charge in [-0.25, -0.2) is 13.4 Å². The SMILES string of the molecule is COc1ccc(S(=O)(=O)CCCC(=O)Nc2nc3ccc(OC)cc3s2)cc1. The number of anilines is 1. The van der Waals surface area contributed by atoms with Gasteiger partial charge in [-0.1, -0.05) is 11.3 Å². The molecule has 1 aromatic heterocycles. The number of carbonyl (C=O) groups is 1. The number of methoxy groups -OCH3 is 2. The highest BCUT2D eigenvalue weighted by atomic mass is 32.2. The minimum atomic E-state index is -3.44. The molecule has 1 amide bonds. The first kappa shape index (κ1) is 20.1. The van der Waals surface area contributed by atoms with Crippen LogP contribution >= 0.6 is 11.3 Å². The average molecular weight is 421 g/mol. The molecule has 7 nitrogen and oxygen atoms in total. The van der Waals surface area contributed by atoms with E-state index in [0.717, 1.165) is 16.0 Å². The molecule has 1 N–H and O–H groups in total. The lowest BCUT2D eigenvalue weighted by Gasteiger charge is -2.06. The normalized spacial score (nSPS) is 11.4. The summed E-state index contributed by atoms with van der Waals surface area (Å²) in [4.78, 5) is 16.7. The number of nitrogens with zero attached hydrogens (tertiary/aromatic N) is 1. The number of benzene rings is 2. The Hall–Kier alpha value is -2.65. The average Bonchev–Trinajstić information content (AvgIpc) is 3.08. The van der Waals surface area contributed by atoms with Crippen LogP contribution in [-0.4, -0.2) is 39.3 Å². The molecule has 0 unspecified atom stereocenters. The molecule has 3 rings (SSSR count). The summed E-state index contributed by atoms with van der Waals surface area (Å²) < 4.78 is 35.8. The van der Waals surface area contributed by atoms with Crippen LogP contribution in [0.5, 0.6) is 11.5 Å². The fourth-order valence-electron chi connectivity index (χ4n) is 2.59. The van der Waals surface area contributed by atoms with Gasteiger partial charge in [0.25, 0.3) is 0 Å². The Labute approximate surface area is 167 Å². The minimum Gasteiger partial charge on any atom is -0.497 e. The fraction of sp³-hybridized carbons (Fsp3) is 0.263. The third-order valence-electron chi connectivity index (χ3n) is 4.08. The van der Waals surface area contributed by atoms with Crippen molar-refractivity contribution < 1.29 is 22.7 Å². The van der Waals surface area contributed by atoms with Crippen molar-refractivity contribution in [2.75, 3.05) is 25.3 Å². The van der Waals surface area contributed by atoms with E-state index >= 15 is 0 Å². The zero-order chi connectivity index (χ0) is 20.1. The second-order valence-electron chi connectivity index (χ2n) is 6.00. The van der Waals surface area contributed by atoms with Gasteiger partial charge in [0.1, 0.15) is 11.5 Å². The van der Waals surface area contributed by atoms with Crippen molar-refractivity contribution >= 4 is 42.4 Å². The van der Waals surface area contributed by atoms with Crippen LogP contribution in [0.3, 0.4) is 0 Å².